The number of nitrogens with one attached hydrogen (secondary N) is 2. The summed E-state index contributed by atoms with van der Waals surface area (Å²) in [6, 6.07) is 4.68. The van der Waals surface area contributed by atoms with Crippen molar-refractivity contribution < 1.29 is 17.9 Å². The van der Waals surface area contributed by atoms with Crippen LogP contribution in [-0.4, -0.2) is 40.0 Å². The Morgan fingerprint density at radius 1 is 1.21 bits per heavy atom. The van der Waals surface area contributed by atoms with Gasteiger partial charge in [-0.2, -0.15) is 4.72 Å². The Morgan fingerprint density at radius 2 is 1.94 bits per heavy atom. The van der Waals surface area contributed by atoms with Gasteiger partial charge in [0.15, 0.2) is 11.2 Å². The van der Waals surface area contributed by atoms with Gasteiger partial charge in [0, 0.05) is 13.6 Å². The van der Waals surface area contributed by atoms with Crippen molar-refractivity contribution in [3.63, 3.8) is 0 Å². The summed E-state index contributed by atoms with van der Waals surface area (Å²) in [5, 5.41) is 0. The van der Waals surface area contributed by atoms with Gasteiger partial charge in [-0.25, -0.2) is 18.2 Å². The Morgan fingerprint density at radius 3 is 2.61 bits per heavy atom. The lowest BCUT2D eigenvalue weighted by atomic mass is 10.1. The number of aromatic amines is 1. The van der Waals surface area contributed by atoms with Crippen molar-refractivity contribution in [2.24, 2.45) is 7.05 Å². The molecule has 0 aliphatic rings. The number of fused-ring (bicyclic) bond motifs is 1. The molecule has 2 N–H and O–H groups in total. The fourth-order valence-corrected chi connectivity index (χ4v) is 4.31. The highest BCUT2D eigenvalue weighted by atomic mass is 32.2. The fourth-order valence-electron chi connectivity index (χ4n) is 3.26. The summed E-state index contributed by atoms with van der Waals surface area (Å²) < 4.78 is 35.1. The number of carbonyl (C=O) groups excluding carboxylic acids is 1. The molecule has 11 nitrogen and oxygen atoms in total. The smallest absolute Gasteiger partial charge is 0.330 e. The van der Waals surface area contributed by atoms with Crippen LogP contribution in [0.25, 0.3) is 11.2 Å². The minimum Gasteiger partial charge on any atom is -0.457 e. The van der Waals surface area contributed by atoms with Gasteiger partial charge in [-0.15, -0.1) is 0 Å². The zero-order valence-corrected chi connectivity index (χ0v) is 19.8. The first-order valence-corrected chi connectivity index (χ1v) is 11.9. The standard InChI is InChI=1S/C21H27N5O6S/c1-5-6-9-26-19-18(20(28)24-21(26)29)25(4)16(23-19)12-32-17(27)11-22-33(30,31)15-8-7-13(2)14(3)10-15/h7-8,10,22H,5-6,9,11-12H2,1-4H3,(H,24,28,29). The van der Waals surface area contributed by atoms with Crippen molar-refractivity contribution in [2.45, 2.75) is 51.7 Å². The summed E-state index contributed by atoms with van der Waals surface area (Å²) in [4.78, 5) is 43.3. The van der Waals surface area contributed by atoms with E-state index in [2.05, 4.69) is 14.7 Å². The van der Waals surface area contributed by atoms with Crippen LogP contribution in [0.2, 0.25) is 0 Å². The van der Waals surface area contributed by atoms with E-state index < -0.39 is 33.8 Å². The van der Waals surface area contributed by atoms with E-state index in [-0.39, 0.29) is 28.5 Å². The molecule has 0 fully saturated rings. The minimum atomic E-state index is -3.89. The maximum absolute atomic E-state index is 12.4. The van der Waals surface area contributed by atoms with Gasteiger partial charge >= 0.3 is 11.7 Å². The average molecular weight is 478 g/mol. The Bertz CT molecular complexity index is 1420. The molecular formula is C21H27N5O6S. The first kappa shape index (κ1) is 24.4. The number of aryl methyl sites for hydroxylation is 4. The topological polar surface area (TPSA) is 145 Å². The second-order valence-corrected chi connectivity index (χ2v) is 9.52. The number of imidazole rings is 1. The first-order valence-electron chi connectivity index (χ1n) is 10.5. The van der Waals surface area contributed by atoms with Crippen LogP contribution in [-0.2, 0) is 39.8 Å². The van der Waals surface area contributed by atoms with Crippen LogP contribution in [0.15, 0.2) is 32.7 Å². The molecule has 0 radical (unpaired) electrons. The number of nitrogens with zero attached hydrogens (tertiary/aromatic N) is 3. The molecule has 3 rings (SSSR count). The molecular weight excluding hydrogens is 450 g/mol. The molecule has 0 amide bonds. The van der Waals surface area contributed by atoms with Crippen molar-refractivity contribution in [3.05, 3.63) is 56.0 Å². The van der Waals surface area contributed by atoms with Gasteiger partial charge in [0.2, 0.25) is 10.0 Å². The third-order valence-electron chi connectivity index (χ3n) is 5.40. The number of sulfonamides is 1. The third-order valence-corrected chi connectivity index (χ3v) is 6.80. The highest BCUT2D eigenvalue weighted by molar-refractivity contribution is 7.89. The van der Waals surface area contributed by atoms with Gasteiger partial charge in [0.25, 0.3) is 5.56 Å². The number of rotatable bonds is 9. The molecule has 0 bridgehead atoms. The van der Waals surface area contributed by atoms with Gasteiger partial charge in [0.1, 0.15) is 19.0 Å². The fraction of sp³-hybridized carbons (Fsp3) is 0.429. The van der Waals surface area contributed by atoms with Crippen LogP contribution in [0.1, 0.15) is 36.7 Å². The van der Waals surface area contributed by atoms with Crippen LogP contribution in [0, 0.1) is 13.8 Å². The van der Waals surface area contributed by atoms with Gasteiger partial charge < -0.3 is 9.30 Å². The zero-order chi connectivity index (χ0) is 24.3. The minimum absolute atomic E-state index is 0.0537. The third kappa shape index (κ3) is 5.22. The van der Waals surface area contributed by atoms with Crippen LogP contribution in [0.3, 0.4) is 0 Å². The summed E-state index contributed by atoms with van der Waals surface area (Å²) in [5.74, 6) is -0.566. The molecule has 0 aliphatic heterocycles. The zero-order valence-electron chi connectivity index (χ0n) is 19.0. The Kier molecular flexibility index (Phi) is 7.18. The summed E-state index contributed by atoms with van der Waals surface area (Å²) in [6.45, 7) is 5.17. The van der Waals surface area contributed by atoms with Crippen LogP contribution < -0.4 is 16.0 Å². The molecule has 0 saturated heterocycles. The maximum Gasteiger partial charge on any atom is 0.330 e. The number of aromatic nitrogens is 4. The molecule has 33 heavy (non-hydrogen) atoms. The molecule has 0 unspecified atom stereocenters. The Balaban J connectivity index is 1.72. The van der Waals surface area contributed by atoms with Crippen molar-refractivity contribution in [3.8, 4) is 0 Å². The molecule has 2 heterocycles. The van der Waals surface area contributed by atoms with Gasteiger partial charge in [-0.05, 0) is 43.5 Å². The highest BCUT2D eigenvalue weighted by Crippen LogP contribution is 2.15. The summed E-state index contributed by atoms with van der Waals surface area (Å²) in [7, 11) is -2.31. The van der Waals surface area contributed by atoms with Gasteiger partial charge in [-0.3, -0.25) is 19.1 Å². The number of unbranched alkanes of at least 4 members (excludes halogenated alkanes) is 1. The van der Waals surface area contributed by atoms with Crippen molar-refractivity contribution in [2.75, 3.05) is 6.54 Å². The Labute approximate surface area is 190 Å². The molecule has 12 heteroatoms. The molecule has 0 spiro atoms. The Hall–Kier alpha value is -3.25. The summed E-state index contributed by atoms with van der Waals surface area (Å²) >= 11 is 0. The lowest BCUT2D eigenvalue weighted by Crippen LogP contribution is -2.31. The van der Waals surface area contributed by atoms with E-state index in [1.54, 1.807) is 20.0 Å². The monoisotopic (exact) mass is 477 g/mol. The quantitative estimate of drug-likeness (QED) is 0.435. The molecule has 1 aromatic carbocycles. The number of H-pyrrole nitrogens is 1. The predicted molar refractivity (Wildman–Crippen MR) is 121 cm³/mol. The number of carbonyl (C=O) groups is 1. The van der Waals surface area contributed by atoms with E-state index >= 15 is 0 Å². The van der Waals surface area contributed by atoms with Crippen molar-refractivity contribution in [1.82, 2.24) is 23.8 Å². The number of ether oxygens (including phenoxy) is 1. The molecule has 178 valence electrons. The molecule has 0 aliphatic carbocycles. The molecule has 0 saturated carbocycles. The number of hydrogen-bond donors (Lipinski definition) is 2. The van der Waals surface area contributed by atoms with Crippen molar-refractivity contribution >= 4 is 27.2 Å². The summed E-state index contributed by atoms with van der Waals surface area (Å²) in [6.07, 6.45) is 1.57. The van der Waals surface area contributed by atoms with Gasteiger partial charge in [-0.1, -0.05) is 19.4 Å². The van der Waals surface area contributed by atoms with E-state index in [0.717, 1.165) is 24.0 Å². The summed E-state index contributed by atoms with van der Waals surface area (Å²) in [5.41, 5.74) is 1.03. The average Bonchev–Trinajstić information content (AvgIpc) is 3.09. The number of esters is 1. The number of hydrogen-bond acceptors (Lipinski definition) is 7. The number of benzene rings is 1. The van der Waals surface area contributed by atoms with Crippen LogP contribution >= 0.6 is 0 Å². The maximum atomic E-state index is 12.4. The SMILES string of the molecule is CCCCn1c(=O)[nH]c(=O)c2c1nc(COC(=O)CNS(=O)(=O)c1ccc(C)c(C)c1)n2C. The van der Waals surface area contributed by atoms with Gasteiger partial charge in [0.05, 0.1) is 4.90 Å². The molecule has 3 aromatic rings. The first-order chi connectivity index (χ1) is 15.5. The van der Waals surface area contributed by atoms with E-state index in [4.69, 9.17) is 4.74 Å². The van der Waals surface area contributed by atoms with Crippen LogP contribution in [0.4, 0.5) is 0 Å². The van der Waals surface area contributed by atoms with E-state index in [1.807, 2.05) is 13.8 Å². The highest BCUT2D eigenvalue weighted by Gasteiger charge is 2.19. The lowest BCUT2D eigenvalue weighted by molar-refractivity contribution is -0.143. The predicted octanol–water partition coefficient (Wildman–Crippen LogP) is 0.862. The second kappa shape index (κ2) is 9.71. The lowest BCUT2D eigenvalue weighted by Gasteiger charge is -2.09. The van der Waals surface area contributed by atoms with E-state index in [9.17, 15) is 22.8 Å². The van der Waals surface area contributed by atoms with Crippen LogP contribution in [0.5, 0.6) is 0 Å². The van der Waals surface area contributed by atoms with E-state index in [0.29, 0.717) is 6.54 Å². The largest absolute Gasteiger partial charge is 0.457 e. The molecule has 2 aromatic heterocycles. The second-order valence-electron chi connectivity index (χ2n) is 7.76. The molecule has 0 atom stereocenters. The normalized spacial score (nSPS) is 11.8. The van der Waals surface area contributed by atoms with E-state index in [1.165, 1.54) is 21.3 Å². The van der Waals surface area contributed by atoms with Crippen molar-refractivity contribution in [1.29, 1.82) is 0 Å².